The Morgan fingerprint density at radius 2 is 1.95 bits per heavy atom. The second kappa shape index (κ2) is 4.82. The van der Waals surface area contributed by atoms with Gasteiger partial charge in [0, 0.05) is 6.92 Å². The Bertz CT molecular complexity index is 421. The summed E-state index contributed by atoms with van der Waals surface area (Å²) in [7, 11) is 0. The molecule has 0 aromatic heterocycles. The lowest BCUT2D eigenvalue weighted by molar-refractivity contribution is -0.232. The third-order valence-electron chi connectivity index (χ3n) is 3.23. The summed E-state index contributed by atoms with van der Waals surface area (Å²) < 4.78 is 43.4. The van der Waals surface area contributed by atoms with Crippen molar-refractivity contribution >= 4 is 17.8 Å². The van der Waals surface area contributed by atoms with Gasteiger partial charge in [0.1, 0.15) is 5.41 Å². The number of esters is 1. The van der Waals surface area contributed by atoms with E-state index in [-0.39, 0.29) is 6.42 Å². The number of amides is 2. The fourth-order valence-corrected chi connectivity index (χ4v) is 1.66. The Labute approximate surface area is 107 Å². The minimum absolute atomic E-state index is 0.275. The minimum Gasteiger partial charge on any atom is -0.441 e. The molecule has 0 aromatic rings. The molecule has 1 rings (SSSR count). The van der Waals surface area contributed by atoms with E-state index in [1.807, 2.05) is 0 Å². The van der Waals surface area contributed by atoms with E-state index < -0.39 is 42.0 Å². The minimum atomic E-state index is -4.78. The van der Waals surface area contributed by atoms with Gasteiger partial charge in [-0.15, -0.1) is 0 Å². The predicted octanol–water partition coefficient (Wildman–Crippen LogP) is 1.61. The average Bonchev–Trinajstić information content (AvgIpc) is 2.24. The van der Waals surface area contributed by atoms with Gasteiger partial charge in [0.25, 0.3) is 0 Å². The third kappa shape index (κ3) is 2.57. The van der Waals surface area contributed by atoms with Crippen LogP contribution in [0.3, 0.4) is 0 Å². The van der Waals surface area contributed by atoms with E-state index in [1.165, 1.54) is 6.92 Å². The van der Waals surface area contributed by atoms with Gasteiger partial charge >= 0.3 is 12.1 Å². The highest BCUT2D eigenvalue weighted by molar-refractivity contribution is 6.02. The molecule has 1 fully saturated rings. The van der Waals surface area contributed by atoms with Crippen LogP contribution in [0.5, 0.6) is 0 Å². The number of carbonyl (C=O) groups is 3. The molecule has 2 unspecified atom stereocenters. The van der Waals surface area contributed by atoms with Crippen molar-refractivity contribution in [1.29, 1.82) is 0 Å². The van der Waals surface area contributed by atoms with Gasteiger partial charge in [-0.3, -0.25) is 14.4 Å². The molecule has 0 N–H and O–H groups in total. The number of likely N-dealkylation sites (tertiary alicyclic amines) is 1. The lowest BCUT2D eigenvalue weighted by atomic mass is 9.84. The van der Waals surface area contributed by atoms with Crippen molar-refractivity contribution in [3.63, 3.8) is 0 Å². The van der Waals surface area contributed by atoms with Crippen LogP contribution in [-0.4, -0.2) is 35.1 Å². The van der Waals surface area contributed by atoms with Crippen molar-refractivity contribution in [1.82, 2.24) is 4.90 Å². The van der Waals surface area contributed by atoms with E-state index in [1.54, 1.807) is 0 Å². The van der Waals surface area contributed by atoms with Crippen LogP contribution in [0.25, 0.3) is 0 Å². The number of nitrogens with zero attached hydrogens (tertiary/aromatic N) is 1. The molecule has 1 aliphatic heterocycles. The Hall–Kier alpha value is -1.60. The van der Waals surface area contributed by atoms with Crippen LogP contribution in [0.15, 0.2) is 0 Å². The maximum absolute atomic E-state index is 12.9. The van der Waals surface area contributed by atoms with Crippen LogP contribution in [0.2, 0.25) is 0 Å². The highest BCUT2D eigenvalue weighted by Crippen LogP contribution is 2.44. The molecule has 0 spiro atoms. The third-order valence-corrected chi connectivity index (χ3v) is 3.23. The van der Waals surface area contributed by atoms with Gasteiger partial charge in [0.2, 0.25) is 11.8 Å². The van der Waals surface area contributed by atoms with E-state index in [4.69, 9.17) is 0 Å². The van der Waals surface area contributed by atoms with Gasteiger partial charge < -0.3 is 4.74 Å². The molecular weight excluding hydrogens is 267 g/mol. The molecule has 0 radical (unpaired) electrons. The van der Waals surface area contributed by atoms with E-state index in [9.17, 15) is 27.6 Å². The maximum Gasteiger partial charge on any atom is 0.402 e. The Morgan fingerprint density at radius 3 is 2.26 bits per heavy atom. The van der Waals surface area contributed by atoms with Crippen molar-refractivity contribution in [2.24, 2.45) is 5.41 Å². The van der Waals surface area contributed by atoms with Crippen molar-refractivity contribution < 1.29 is 32.3 Å². The number of carbonyl (C=O) groups excluding carboxylic acids is 3. The summed E-state index contributed by atoms with van der Waals surface area (Å²) >= 11 is 0. The first-order valence-electron chi connectivity index (χ1n) is 5.65. The molecule has 1 aliphatic rings. The molecule has 108 valence electrons. The summed E-state index contributed by atoms with van der Waals surface area (Å²) in [6, 6.07) is 0. The number of hydrogen-bond acceptors (Lipinski definition) is 4. The molecule has 0 bridgehead atoms. The Kier molecular flexibility index (Phi) is 3.92. The topological polar surface area (TPSA) is 63.7 Å². The fourth-order valence-electron chi connectivity index (χ4n) is 1.66. The van der Waals surface area contributed by atoms with Gasteiger partial charge in [-0.05, 0) is 13.3 Å². The predicted molar refractivity (Wildman–Crippen MR) is 56.5 cm³/mol. The van der Waals surface area contributed by atoms with E-state index in [0.717, 1.165) is 13.8 Å². The smallest absolute Gasteiger partial charge is 0.402 e. The normalized spacial score (nSPS) is 22.5. The first-order valence-corrected chi connectivity index (χ1v) is 5.65. The van der Waals surface area contributed by atoms with Gasteiger partial charge in [0.05, 0.1) is 6.42 Å². The summed E-state index contributed by atoms with van der Waals surface area (Å²) in [5.74, 6) is -2.93. The van der Waals surface area contributed by atoms with E-state index in [0.29, 0.717) is 4.90 Å². The largest absolute Gasteiger partial charge is 0.441 e. The molecule has 0 aliphatic carbocycles. The van der Waals surface area contributed by atoms with Crippen LogP contribution < -0.4 is 0 Å². The zero-order valence-electron chi connectivity index (χ0n) is 10.7. The summed E-state index contributed by atoms with van der Waals surface area (Å²) in [6.07, 6.45) is -6.80. The first kappa shape index (κ1) is 15.5. The van der Waals surface area contributed by atoms with E-state index in [2.05, 4.69) is 4.74 Å². The SMILES string of the molecule is CCC(C)(C(=O)N1C(=O)CC1OC(C)=O)C(F)(F)F. The quantitative estimate of drug-likeness (QED) is 0.582. The summed E-state index contributed by atoms with van der Waals surface area (Å²) in [4.78, 5) is 34.3. The summed E-state index contributed by atoms with van der Waals surface area (Å²) in [5.41, 5.74) is -2.67. The maximum atomic E-state index is 12.9. The Morgan fingerprint density at radius 1 is 1.42 bits per heavy atom. The molecule has 5 nitrogen and oxygen atoms in total. The van der Waals surface area contributed by atoms with Crippen LogP contribution in [0, 0.1) is 5.41 Å². The Balaban J connectivity index is 2.97. The zero-order chi connectivity index (χ0) is 15.0. The van der Waals surface area contributed by atoms with Crippen molar-refractivity contribution in [3.8, 4) is 0 Å². The van der Waals surface area contributed by atoms with Crippen molar-refractivity contribution in [2.45, 2.75) is 46.0 Å². The fraction of sp³-hybridized carbons (Fsp3) is 0.727. The van der Waals surface area contributed by atoms with Crippen molar-refractivity contribution in [3.05, 3.63) is 0 Å². The second-order valence-corrected chi connectivity index (χ2v) is 4.52. The monoisotopic (exact) mass is 281 g/mol. The molecule has 1 saturated heterocycles. The van der Waals surface area contributed by atoms with Crippen LogP contribution in [0.4, 0.5) is 13.2 Å². The number of alkyl halides is 3. The number of β-lactam (4-membered cyclic amide) rings is 1. The standard InChI is InChI=1S/C11H14F3NO4/c1-4-10(3,11(12,13)14)9(18)15-7(17)5-8(15)19-6(2)16/h8H,4-5H2,1-3H3. The molecular formula is C11H14F3NO4. The lowest BCUT2D eigenvalue weighted by Gasteiger charge is -2.42. The molecule has 2 atom stereocenters. The highest BCUT2D eigenvalue weighted by atomic mass is 19.4. The summed E-state index contributed by atoms with van der Waals surface area (Å²) in [6.45, 7) is 2.98. The van der Waals surface area contributed by atoms with Crippen molar-refractivity contribution in [2.75, 3.05) is 0 Å². The molecule has 0 aromatic carbocycles. The van der Waals surface area contributed by atoms with Gasteiger partial charge in [-0.25, -0.2) is 4.90 Å². The highest BCUT2D eigenvalue weighted by Gasteiger charge is 2.60. The molecule has 19 heavy (non-hydrogen) atoms. The number of halogens is 3. The summed E-state index contributed by atoms with van der Waals surface area (Å²) in [5, 5.41) is 0. The zero-order valence-corrected chi connectivity index (χ0v) is 10.7. The van der Waals surface area contributed by atoms with Gasteiger partial charge in [-0.2, -0.15) is 13.2 Å². The number of imide groups is 1. The second-order valence-electron chi connectivity index (χ2n) is 4.52. The molecule has 0 saturated carbocycles. The first-order chi connectivity index (χ1) is 8.54. The van der Waals surface area contributed by atoms with Gasteiger partial charge in [0.15, 0.2) is 6.23 Å². The average molecular weight is 281 g/mol. The lowest BCUT2D eigenvalue weighted by Crippen LogP contribution is -2.63. The molecule has 1 heterocycles. The van der Waals surface area contributed by atoms with Crippen LogP contribution in [-0.2, 0) is 19.1 Å². The number of ether oxygens (including phenoxy) is 1. The molecule has 2 amide bonds. The van der Waals surface area contributed by atoms with Crippen LogP contribution >= 0.6 is 0 Å². The van der Waals surface area contributed by atoms with Gasteiger partial charge in [-0.1, -0.05) is 6.92 Å². The van der Waals surface area contributed by atoms with Crippen LogP contribution in [0.1, 0.15) is 33.6 Å². The molecule has 8 heteroatoms. The number of rotatable bonds is 3. The van der Waals surface area contributed by atoms with E-state index >= 15 is 0 Å². The number of hydrogen-bond donors (Lipinski definition) is 0.